The molecule has 1 aromatic carbocycles. The van der Waals surface area contributed by atoms with E-state index in [2.05, 4.69) is 25.6 Å². The predicted octanol–water partition coefficient (Wildman–Crippen LogP) is 1.36. The third kappa shape index (κ3) is 2.22. The van der Waals surface area contributed by atoms with Crippen molar-refractivity contribution in [2.45, 2.75) is 18.8 Å². The number of carbonyl (C=O) groups is 1. The molecule has 4 rings (SSSR count). The number of fused-ring (bicyclic) bond motifs is 1. The van der Waals surface area contributed by atoms with Gasteiger partial charge in [0.05, 0.1) is 0 Å². The Labute approximate surface area is 125 Å². The van der Waals surface area contributed by atoms with Gasteiger partial charge < -0.3 is 9.42 Å². The van der Waals surface area contributed by atoms with Gasteiger partial charge in [0, 0.05) is 24.6 Å². The van der Waals surface area contributed by atoms with Crippen LogP contribution in [0.1, 0.15) is 34.9 Å². The highest BCUT2D eigenvalue weighted by Gasteiger charge is 2.26. The summed E-state index contributed by atoms with van der Waals surface area (Å²) in [6.45, 7) is 1.38. The highest BCUT2D eigenvalue weighted by molar-refractivity contribution is 5.97. The summed E-state index contributed by atoms with van der Waals surface area (Å²) in [4.78, 5) is 18.5. The normalized spacial score (nSPS) is 16.3. The Kier molecular flexibility index (Phi) is 3.06. The molecule has 3 aromatic rings. The van der Waals surface area contributed by atoms with Gasteiger partial charge in [0.2, 0.25) is 6.39 Å². The Morgan fingerprint density at radius 1 is 1.23 bits per heavy atom. The Bertz CT molecular complexity index is 789. The maximum absolute atomic E-state index is 12.6. The van der Waals surface area contributed by atoms with E-state index in [0.29, 0.717) is 24.2 Å². The maximum atomic E-state index is 12.6. The third-order valence-electron chi connectivity index (χ3n) is 4.09. The van der Waals surface area contributed by atoms with Gasteiger partial charge >= 0.3 is 0 Å². The molecule has 0 spiro atoms. The van der Waals surface area contributed by atoms with Crippen LogP contribution in [0.5, 0.6) is 0 Å². The molecular formula is C14H14N6O2. The van der Waals surface area contributed by atoms with Crippen LogP contribution >= 0.6 is 0 Å². The monoisotopic (exact) mass is 298 g/mol. The van der Waals surface area contributed by atoms with Gasteiger partial charge in [-0.25, -0.2) is 0 Å². The molecule has 0 aliphatic carbocycles. The van der Waals surface area contributed by atoms with Gasteiger partial charge in [-0.15, -0.1) is 0 Å². The molecule has 0 saturated carbocycles. The van der Waals surface area contributed by atoms with Crippen LogP contribution in [-0.4, -0.2) is 49.4 Å². The van der Waals surface area contributed by atoms with Crippen LogP contribution in [0.25, 0.3) is 11.0 Å². The van der Waals surface area contributed by atoms with Crippen molar-refractivity contribution in [3.05, 3.63) is 36.0 Å². The zero-order valence-corrected chi connectivity index (χ0v) is 11.8. The average molecular weight is 298 g/mol. The molecule has 1 saturated heterocycles. The van der Waals surface area contributed by atoms with Crippen LogP contribution in [0, 0.1) is 0 Å². The lowest BCUT2D eigenvalue weighted by molar-refractivity contribution is 0.0711. The molecule has 1 aliphatic heterocycles. The molecule has 8 heteroatoms. The molecule has 0 bridgehead atoms. The number of aromatic nitrogens is 5. The first kappa shape index (κ1) is 12.9. The lowest BCUT2D eigenvalue weighted by Gasteiger charge is -2.30. The highest BCUT2D eigenvalue weighted by Crippen LogP contribution is 2.26. The molecule has 1 fully saturated rings. The van der Waals surface area contributed by atoms with Crippen molar-refractivity contribution < 1.29 is 9.32 Å². The maximum Gasteiger partial charge on any atom is 0.253 e. The highest BCUT2D eigenvalue weighted by atomic mass is 16.5. The molecule has 2 aromatic heterocycles. The lowest BCUT2D eigenvalue weighted by Crippen LogP contribution is -2.38. The number of piperidine rings is 1. The molecule has 3 heterocycles. The van der Waals surface area contributed by atoms with Crippen molar-refractivity contribution in [1.29, 1.82) is 0 Å². The number of amides is 1. The van der Waals surface area contributed by atoms with Gasteiger partial charge in [-0.3, -0.25) is 4.79 Å². The van der Waals surface area contributed by atoms with Crippen molar-refractivity contribution in [2.75, 3.05) is 13.1 Å². The van der Waals surface area contributed by atoms with Gasteiger partial charge in [-0.1, -0.05) is 5.16 Å². The van der Waals surface area contributed by atoms with E-state index in [1.165, 1.54) is 6.39 Å². The molecule has 112 valence electrons. The second-order valence-electron chi connectivity index (χ2n) is 5.38. The number of nitrogens with zero attached hydrogens (tertiary/aromatic N) is 5. The molecule has 22 heavy (non-hydrogen) atoms. The number of nitrogens with one attached hydrogen (secondary N) is 1. The standard InChI is InChI=1S/C14H14N6O2/c21-14(10-1-2-11-12(7-10)17-19-16-11)20-5-3-9(4-6-20)13-15-8-22-18-13/h1-2,7-9H,3-6H2,(H,16,17,19). The van der Waals surface area contributed by atoms with Crippen LogP contribution in [-0.2, 0) is 0 Å². The van der Waals surface area contributed by atoms with Gasteiger partial charge in [0.1, 0.15) is 11.0 Å². The van der Waals surface area contributed by atoms with Crippen LogP contribution < -0.4 is 0 Å². The van der Waals surface area contributed by atoms with Crippen molar-refractivity contribution in [3.8, 4) is 0 Å². The van der Waals surface area contributed by atoms with Crippen LogP contribution in [0.2, 0.25) is 0 Å². The Hall–Kier alpha value is -2.77. The number of hydrogen-bond donors (Lipinski definition) is 1. The summed E-state index contributed by atoms with van der Waals surface area (Å²) in [5.74, 6) is 1.02. The molecule has 8 nitrogen and oxygen atoms in total. The topological polar surface area (TPSA) is 101 Å². The first-order chi connectivity index (χ1) is 10.8. The summed E-state index contributed by atoms with van der Waals surface area (Å²) in [6, 6.07) is 5.36. The summed E-state index contributed by atoms with van der Waals surface area (Å²) in [5.41, 5.74) is 2.10. The quantitative estimate of drug-likeness (QED) is 0.766. The van der Waals surface area contributed by atoms with Gasteiger partial charge in [0.15, 0.2) is 5.82 Å². The van der Waals surface area contributed by atoms with E-state index < -0.39 is 0 Å². The van der Waals surface area contributed by atoms with Crippen molar-refractivity contribution >= 4 is 16.9 Å². The van der Waals surface area contributed by atoms with E-state index in [9.17, 15) is 4.79 Å². The Morgan fingerprint density at radius 3 is 2.82 bits per heavy atom. The van der Waals surface area contributed by atoms with Gasteiger partial charge in [-0.2, -0.15) is 20.4 Å². The lowest BCUT2D eigenvalue weighted by atomic mass is 9.95. The van der Waals surface area contributed by atoms with E-state index >= 15 is 0 Å². The van der Waals surface area contributed by atoms with Crippen molar-refractivity contribution in [3.63, 3.8) is 0 Å². The predicted molar refractivity (Wildman–Crippen MR) is 76.1 cm³/mol. The fourth-order valence-corrected chi connectivity index (χ4v) is 2.86. The number of carbonyl (C=O) groups excluding carboxylic acids is 1. The molecule has 0 unspecified atom stereocenters. The summed E-state index contributed by atoms with van der Waals surface area (Å²) < 4.78 is 4.79. The summed E-state index contributed by atoms with van der Waals surface area (Å²) >= 11 is 0. The number of likely N-dealkylation sites (tertiary alicyclic amines) is 1. The molecule has 0 atom stereocenters. The van der Waals surface area contributed by atoms with Crippen molar-refractivity contribution in [1.82, 2.24) is 30.5 Å². The molecule has 1 N–H and O–H groups in total. The van der Waals surface area contributed by atoms with E-state index in [0.717, 1.165) is 24.2 Å². The molecule has 1 amide bonds. The summed E-state index contributed by atoms with van der Waals surface area (Å²) in [5, 5.41) is 14.5. The van der Waals surface area contributed by atoms with Crippen molar-refractivity contribution in [2.24, 2.45) is 0 Å². The Morgan fingerprint density at radius 2 is 2.05 bits per heavy atom. The molecular weight excluding hydrogens is 284 g/mol. The SMILES string of the molecule is O=C(c1ccc2n[nH]nc2c1)N1CCC(c2ncon2)CC1. The second-order valence-corrected chi connectivity index (χ2v) is 5.38. The van der Waals surface area contributed by atoms with Gasteiger partial charge in [-0.05, 0) is 31.0 Å². The summed E-state index contributed by atoms with van der Waals surface area (Å²) in [7, 11) is 0. The number of aromatic amines is 1. The van der Waals surface area contributed by atoms with E-state index in [1.54, 1.807) is 18.2 Å². The first-order valence-electron chi connectivity index (χ1n) is 7.17. The van der Waals surface area contributed by atoms with Gasteiger partial charge in [0.25, 0.3) is 5.91 Å². The van der Waals surface area contributed by atoms with Crippen LogP contribution in [0.3, 0.4) is 0 Å². The van der Waals surface area contributed by atoms with Crippen LogP contribution in [0.15, 0.2) is 29.1 Å². The third-order valence-corrected chi connectivity index (χ3v) is 4.09. The Balaban J connectivity index is 1.47. The molecule has 1 aliphatic rings. The minimum atomic E-state index is 0.0245. The van der Waals surface area contributed by atoms with E-state index in [4.69, 9.17) is 4.52 Å². The minimum absolute atomic E-state index is 0.0245. The fourth-order valence-electron chi connectivity index (χ4n) is 2.86. The van der Waals surface area contributed by atoms with E-state index in [-0.39, 0.29) is 11.8 Å². The first-order valence-corrected chi connectivity index (χ1v) is 7.17. The average Bonchev–Trinajstić information content (AvgIpc) is 3.25. The second kappa shape index (κ2) is 5.21. The summed E-state index contributed by atoms with van der Waals surface area (Å²) in [6.07, 6.45) is 3.04. The number of hydrogen-bond acceptors (Lipinski definition) is 6. The zero-order chi connectivity index (χ0) is 14.9. The number of benzene rings is 1. The fraction of sp³-hybridized carbons (Fsp3) is 0.357. The molecule has 0 radical (unpaired) electrons. The number of H-pyrrole nitrogens is 1. The zero-order valence-electron chi connectivity index (χ0n) is 11.8. The smallest absolute Gasteiger partial charge is 0.253 e. The number of rotatable bonds is 2. The van der Waals surface area contributed by atoms with Crippen LogP contribution in [0.4, 0.5) is 0 Å². The van der Waals surface area contributed by atoms with E-state index in [1.807, 2.05) is 4.90 Å². The largest absolute Gasteiger partial charge is 0.343 e. The minimum Gasteiger partial charge on any atom is -0.343 e.